The fourth-order valence-corrected chi connectivity index (χ4v) is 1.000. The fourth-order valence-electron chi connectivity index (χ4n) is 0.904. The minimum absolute atomic E-state index is 0.493. The Kier molecular flexibility index (Phi) is 3.20. The van der Waals surface area contributed by atoms with Crippen LogP contribution in [0.5, 0.6) is 0 Å². The van der Waals surface area contributed by atoms with Gasteiger partial charge in [-0.15, -0.1) is 0 Å². The summed E-state index contributed by atoms with van der Waals surface area (Å²) in [6.45, 7) is 0. The summed E-state index contributed by atoms with van der Waals surface area (Å²) in [5, 5.41) is 10.5. The van der Waals surface area contributed by atoms with Gasteiger partial charge in [0.1, 0.15) is 0 Å². The molecule has 0 spiro atoms. The number of hydrogen-bond donors (Lipinski definition) is 1. The van der Waals surface area contributed by atoms with Gasteiger partial charge in [-0.25, -0.2) is 0 Å². The van der Waals surface area contributed by atoms with Crippen molar-refractivity contribution < 1.29 is 5.11 Å². The molecule has 11 heavy (non-hydrogen) atoms. The van der Waals surface area contributed by atoms with Crippen molar-refractivity contribution in [1.82, 2.24) is 0 Å². The minimum atomic E-state index is -0.493. The summed E-state index contributed by atoms with van der Waals surface area (Å²) in [7, 11) is 0. The molecule has 0 fully saturated rings. The van der Waals surface area contributed by atoms with Crippen LogP contribution in [0, 0.1) is 0 Å². The van der Waals surface area contributed by atoms with Gasteiger partial charge < -0.3 is 5.11 Å². The van der Waals surface area contributed by atoms with Crippen LogP contribution in [0.1, 0.15) is 5.56 Å². The van der Waals surface area contributed by atoms with E-state index >= 15 is 0 Å². The van der Waals surface area contributed by atoms with Crippen molar-refractivity contribution in [3.05, 3.63) is 35.9 Å². The maximum atomic E-state index is 9.15. The largest absolute Gasteiger partial charge is 0.388 e. The standard InChI is InChI=1S/C9H10OS/c10-9(7-11)6-8-4-2-1-3-5-8/h1-5,7,9-10H,6H2. The van der Waals surface area contributed by atoms with Gasteiger partial charge in [0.05, 0.1) is 6.10 Å². The fraction of sp³-hybridized carbons (Fsp3) is 0.222. The Bertz CT molecular complexity index is 220. The Labute approximate surface area is 71.7 Å². The molecule has 1 rings (SSSR count). The van der Waals surface area contributed by atoms with Crippen molar-refractivity contribution in [2.24, 2.45) is 0 Å². The minimum Gasteiger partial charge on any atom is -0.388 e. The molecule has 0 bridgehead atoms. The SMILES string of the molecule is OC(C=S)Cc1ccccc1. The van der Waals surface area contributed by atoms with Crippen LogP contribution in [0.4, 0.5) is 0 Å². The van der Waals surface area contributed by atoms with Crippen LogP contribution in [0.25, 0.3) is 0 Å². The molecule has 0 saturated carbocycles. The highest BCUT2D eigenvalue weighted by Gasteiger charge is 1.98. The number of rotatable bonds is 3. The third kappa shape index (κ3) is 2.78. The molecular weight excluding hydrogens is 156 g/mol. The third-order valence-corrected chi connectivity index (χ3v) is 1.76. The van der Waals surface area contributed by atoms with Crippen molar-refractivity contribution in [3.8, 4) is 0 Å². The molecule has 58 valence electrons. The van der Waals surface area contributed by atoms with E-state index in [1.807, 2.05) is 30.3 Å². The number of hydrogen-bond acceptors (Lipinski definition) is 2. The summed E-state index contributed by atoms with van der Waals surface area (Å²) in [5.41, 5.74) is 1.11. The van der Waals surface area contributed by atoms with E-state index in [0.717, 1.165) is 5.56 Å². The third-order valence-electron chi connectivity index (χ3n) is 1.44. The molecule has 0 aliphatic carbocycles. The first-order valence-corrected chi connectivity index (χ1v) is 3.97. The first-order chi connectivity index (χ1) is 5.33. The first-order valence-electron chi connectivity index (χ1n) is 3.50. The van der Waals surface area contributed by atoms with Gasteiger partial charge in [-0.05, 0) is 5.56 Å². The molecule has 1 aromatic rings. The smallest absolute Gasteiger partial charge is 0.0862 e. The highest BCUT2D eigenvalue weighted by atomic mass is 32.1. The van der Waals surface area contributed by atoms with E-state index in [4.69, 9.17) is 5.11 Å². The van der Waals surface area contributed by atoms with Crippen molar-refractivity contribution in [2.45, 2.75) is 12.5 Å². The van der Waals surface area contributed by atoms with Crippen molar-refractivity contribution in [1.29, 1.82) is 0 Å². The Morgan fingerprint density at radius 2 is 2.00 bits per heavy atom. The van der Waals surface area contributed by atoms with Gasteiger partial charge in [0, 0.05) is 11.8 Å². The zero-order valence-electron chi connectivity index (χ0n) is 6.10. The molecule has 0 heterocycles. The predicted octanol–water partition coefficient (Wildman–Crippen LogP) is 1.59. The van der Waals surface area contributed by atoms with E-state index in [1.54, 1.807) is 0 Å². The van der Waals surface area contributed by atoms with E-state index in [0.29, 0.717) is 6.42 Å². The lowest BCUT2D eigenvalue weighted by Crippen LogP contribution is -2.09. The molecule has 0 aliphatic heterocycles. The Hall–Kier alpha value is -0.730. The molecule has 1 atom stereocenters. The van der Waals surface area contributed by atoms with Crippen LogP contribution in [0.2, 0.25) is 0 Å². The Balaban J connectivity index is 2.57. The van der Waals surface area contributed by atoms with Crippen LogP contribution < -0.4 is 0 Å². The summed E-state index contributed by atoms with van der Waals surface area (Å²) in [6.07, 6.45) is 0.122. The van der Waals surface area contributed by atoms with Crippen molar-refractivity contribution >= 4 is 17.6 Å². The quantitative estimate of drug-likeness (QED) is 0.688. The van der Waals surface area contributed by atoms with Crippen LogP contribution in [0.3, 0.4) is 0 Å². The summed E-state index contributed by atoms with van der Waals surface area (Å²) in [5.74, 6) is 0. The van der Waals surface area contributed by atoms with Gasteiger partial charge in [0.25, 0.3) is 0 Å². The molecule has 0 radical (unpaired) electrons. The summed E-state index contributed by atoms with van der Waals surface area (Å²) in [4.78, 5) is 0. The van der Waals surface area contributed by atoms with Crippen molar-refractivity contribution in [2.75, 3.05) is 0 Å². The molecule has 1 N–H and O–H groups in total. The molecule has 0 aromatic heterocycles. The summed E-state index contributed by atoms with van der Waals surface area (Å²) < 4.78 is 0. The van der Waals surface area contributed by atoms with Gasteiger partial charge in [0.15, 0.2) is 0 Å². The van der Waals surface area contributed by atoms with E-state index in [-0.39, 0.29) is 0 Å². The molecule has 0 amide bonds. The zero-order chi connectivity index (χ0) is 8.10. The van der Waals surface area contributed by atoms with E-state index in [1.165, 1.54) is 5.37 Å². The molecule has 0 aliphatic rings. The lowest BCUT2D eigenvalue weighted by Gasteiger charge is -2.02. The van der Waals surface area contributed by atoms with Gasteiger partial charge in [-0.2, -0.15) is 0 Å². The molecule has 0 saturated heterocycles. The topological polar surface area (TPSA) is 20.2 Å². The molecule has 1 nitrogen and oxygen atoms in total. The number of aliphatic hydroxyl groups is 1. The monoisotopic (exact) mass is 166 g/mol. The Morgan fingerprint density at radius 1 is 1.36 bits per heavy atom. The summed E-state index contributed by atoms with van der Waals surface area (Å²) in [6, 6.07) is 9.80. The zero-order valence-corrected chi connectivity index (χ0v) is 6.92. The van der Waals surface area contributed by atoms with Gasteiger partial charge >= 0.3 is 0 Å². The number of benzene rings is 1. The van der Waals surface area contributed by atoms with E-state index in [2.05, 4.69) is 12.2 Å². The van der Waals surface area contributed by atoms with Crippen LogP contribution >= 0.6 is 12.2 Å². The second kappa shape index (κ2) is 4.21. The second-order valence-electron chi connectivity index (χ2n) is 2.39. The molecule has 1 aromatic carbocycles. The Morgan fingerprint density at radius 3 is 2.55 bits per heavy atom. The number of aliphatic hydroxyl groups excluding tert-OH is 1. The maximum absolute atomic E-state index is 9.15. The maximum Gasteiger partial charge on any atom is 0.0862 e. The van der Waals surface area contributed by atoms with Gasteiger partial charge in [-0.3, -0.25) is 0 Å². The summed E-state index contributed by atoms with van der Waals surface area (Å²) >= 11 is 4.60. The highest BCUT2D eigenvalue weighted by Crippen LogP contribution is 2.01. The van der Waals surface area contributed by atoms with Crippen LogP contribution in [-0.2, 0) is 6.42 Å². The van der Waals surface area contributed by atoms with Crippen LogP contribution in [-0.4, -0.2) is 16.6 Å². The average molecular weight is 166 g/mol. The van der Waals surface area contributed by atoms with E-state index in [9.17, 15) is 0 Å². The number of thiocarbonyl (C=S) groups is 1. The van der Waals surface area contributed by atoms with Gasteiger partial charge in [0.2, 0.25) is 0 Å². The molecular formula is C9H10OS. The van der Waals surface area contributed by atoms with Gasteiger partial charge in [-0.1, -0.05) is 42.5 Å². The molecule has 2 heteroatoms. The van der Waals surface area contributed by atoms with E-state index < -0.39 is 6.10 Å². The first kappa shape index (κ1) is 8.37. The lowest BCUT2D eigenvalue weighted by molar-refractivity contribution is 0.249. The highest BCUT2D eigenvalue weighted by molar-refractivity contribution is 7.79. The average Bonchev–Trinajstić information content (AvgIpc) is 2.06. The second-order valence-corrected chi connectivity index (χ2v) is 2.67. The molecule has 1 unspecified atom stereocenters. The van der Waals surface area contributed by atoms with Crippen LogP contribution in [0.15, 0.2) is 30.3 Å². The normalized spacial score (nSPS) is 12.5. The van der Waals surface area contributed by atoms with Crippen molar-refractivity contribution in [3.63, 3.8) is 0 Å². The predicted molar refractivity (Wildman–Crippen MR) is 49.8 cm³/mol. The lowest BCUT2D eigenvalue weighted by atomic mass is 10.1.